The lowest BCUT2D eigenvalue weighted by Gasteiger charge is -2.22. The number of halogens is 6. The highest BCUT2D eigenvalue weighted by Crippen LogP contribution is 2.36. The molecule has 0 amide bonds. The Morgan fingerprint density at radius 1 is 0.680 bits per heavy atom. The third-order valence-electron chi connectivity index (χ3n) is 7.52. The molecule has 9 heteroatoms. The zero-order valence-electron chi connectivity index (χ0n) is 27.3. The minimum Gasteiger partial charge on any atom is -0.508 e. The van der Waals surface area contributed by atoms with Crippen LogP contribution in [-0.4, -0.2) is 23.7 Å². The van der Waals surface area contributed by atoms with E-state index in [9.17, 15) is 31.1 Å². The Morgan fingerprint density at radius 3 is 1.96 bits per heavy atom. The van der Waals surface area contributed by atoms with Crippen LogP contribution in [0.15, 0.2) is 121 Å². The summed E-state index contributed by atoms with van der Waals surface area (Å²) in [5, 5.41) is 10.3. The molecule has 0 saturated heterocycles. The Morgan fingerprint density at radius 2 is 1.36 bits per heavy atom. The van der Waals surface area contributed by atoms with Gasteiger partial charge in [-0.25, -0.2) is 0 Å². The van der Waals surface area contributed by atoms with Gasteiger partial charge in [0.2, 0.25) is 0 Å². The molecule has 0 spiro atoms. The van der Waals surface area contributed by atoms with E-state index in [-0.39, 0.29) is 12.2 Å². The summed E-state index contributed by atoms with van der Waals surface area (Å²) in [7, 11) is 0. The van der Waals surface area contributed by atoms with Gasteiger partial charge in [0.1, 0.15) is 23.5 Å². The third-order valence-corrected chi connectivity index (χ3v) is 7.52. The summed E-state index contributed by atoms with van der Waals surface area (Å²) in [5.74, 6) is 1.33. The molecule has 0 radical (unpaired) electrons. The van der Waals surface area contributed by atoms with E-state index in [0.29, 0.717) is 16.5 Å². The standard InChI is InChI=1S/C25H21F3O.C9H9F3O.C7H6O/c1-2-6-17-9-11-20-22(15-17)29-23-16-18(13-14-25(26,27)28)10-12-21(23)24(20)19-7-4-3-5-8-19;10-9(11,12)5-4-7-2-1-3-8(13)6-7;8-6-7-4-2-1-3-5-7/h3-5,7-13,15-16H,2,6,14H2,1H3;1-3,6,13H,4-5H2;1-6H/b18-13+;;. The second kappa shape index (κ2) is 17.4. The summed E-state index contributed by atoms with van der Waals surface area (Å²) in [6, 6.07) is 36.4. The Balaban J connectivity index is 0.000000219. The summed E-state index contributed by atoms with van der Waals surface area (Å²) in [6.07, 6.45) is -6.25. The maximum Gasteiger partial charge on any atom is 0.392 e. The van der Waals surface area contributed by atoms with Crippen LogP contribution >= 0.6 is 0 Å². The van der Waals surface area contributed by atoms with Crippen molar-refractivity contribution in [1.82, 2.24) is 0 Å². The fourth-order valence-electron chi connectivity index (χ4n) is 5.20. The molecule has 1 aliphatic rings. The van der Waals surface area contributed by atoms with Crippen molar-refractivity contribution < 1.29 is 41.0 Å². The molecule has 260 valence electrons. The lowest BCUT2D eigenvalue weighted by atomic mass is 9.91. The van der Waals surface area contributed by atoms with Gasteiger partial charge in [0.25, 0.3) is 0 Å². The number of rotatable bonds is 7. The molecule has 50 heavy (non-hydrogen) atoms. The van der Waals surface area contributed by atoms with Gasteiger partial charge < -0.3 is 9.84 Å². The number of benzene rings is 5. The van der Waals surface area contributed by atoms with Gasteiger partial charge >= 0.3 is 12.4 Å². The SMILES string of the molecule is CCCc1ccc2c(c1)Oc1c/c(=C/CC(F)(F)F)ccc1=C2c1ccccc1.O=Cc1ccccc1.Oc1cccc(CCC(F)(F)F)c1. The van der Waals surface area contributed by atoms with Crippen LogP contribution in [0.4, 0.5) is 26.3 Å². The van der Waals surface area contributed by atoms with Crippen molar-refractivity contribution in [3.05, 3.63) is 160 Å². The summed E-state index contributed by atoms with van der Waals surface area (Å²) in [5.41, 5.74) is 5.49. The first-order valence-corrected chi connectivity index (χ1v) is 16.0. The van der Waals surface area contributed by atoms with E-state index >= 15 is 0 Å². The van der Waals surface area contributed by atoms with Gasteiger partial charge in [-0.2, -0.15) is 26.3 Å². The van der Waals surface area contributed by atoms with Gasteiger partial charge in [0.15, 0.2) is 0 Å². The number of aryl methyl sites for hydroxylation is 2. The Labute approximate surface area is 286 Å². The number of aromatic hydroxyl groups is 1. The minimum absolute atomic E-state index is 0.000301. The number of phenols is 1. The van der Waals surface area contributed by atoms with Crippen LogP contribution in [-0.2, 0) is 12.8 Å². The number of carbonyl (C=O) groups excluding carboxylic acids is 1. The zero-order valence-corrected chi connectivity index (χ0v) is 27.3. The molecule has 0 unspecified atom stereocenters. The van der Waals surface area contributed by atoms with Crippen molar-refractivity contribution in [1.29, 1.82) is 0 Å². The molecule has 5 aromatic carbocycles. The summed E-state index contributed by atoms with van der Waals surface area (Å²) in [6.45, 7) is 2.12. The Hall–Kier alpha value is -5.31. The molecular weight excluding hydrogens is 654 g/mol. The van der Waals surface area contributed by atoms with Gasteiger partial charge in [-0.3, -0.25) is 4.79 Å². The van der Waals surface area contributed by atoms with Gasteiger partial charge in [0.05, 0.1) is 6.42 Å². The van der Waals surface area contributed by atoms with Gasteiger partial charge in [0, 0.05) is 28.3 Å². The quantitative estimate of drug-likeness (QED) is 0.134. The normalized spacial score (nSPS) is 12.3. The predicted octanol–water partition coefficient (Wildman–Crippen LogP) is 10.1. The van der Waals surface area contributed by atoms with Crippen LogP contribution in [0, 0.1) is 0 Å². The van der Waals surface area contributed by atoms with Crippen molar-refractivity contribution in [2.45, 2.75) is 51.4 Å². The first kappa shape index (κ1) is 37.5. The van der Waals surface area contributed by atoms with Crippen molar-refractivity contribution >= 4 is 17.9 Å². The second-order valence-corrected chi connectivity index (χ2v) is 11.5. The van der Waals surface area contributed by atoms with Crippen LogP contribution in [0.1, 0.15) is 58.8 Å². The summed E-state index contributed by atoms with van der Waals surface area (Å²) >= 11 is 0. The van der Waals surface area contributed by atoms with Gasteiger partial charge in [-0.15, -0.1) is 0 Å². The highest BCUT2D eigenvalue weighted by molar-refractivity contribution is 5.85. The Bertz CT molecular complexity index is 1970. The van der Waals surface area contributed by atoms with Crippen molar-refractivity contribution in [2.75, 3.05) is 0 Å². The highest BCUT2D eigenvalue weighted by Gasteiger charge is 2.26. The van der Waals surface area contributed by atoms with E-state index in [1.165, 1.54) is 29.8 Å². The number of phenolic OH excluding ortho intramolecular Hbond substituents is 1. The molecule has 6 rings (SSSR count). The van der Waals surface area contributed by atoms with Crippen molar-refractivity contribution in [3.63, 3.8) is 0 Å². The van der Waals surface area contributed by atoms with Crippen LogP contribution in [0.25, 0.3) is 11.6 Å². The number of hydrogen-bond acceptors (Lipinski definition) is 3. The fourth-order valence-corrected chi connectivity index (χ4v) is 5.20. The molecule has 3 nitrogen and oxygen atoms in total. The maximum absolute atomic E-state index is 12.6. The van der Waals surface area contributed by atoms with Crippen molar-refractivity contribution in [2.24, 2.45) is 0 Å². The van der Waals surface area contributed by atoms with Gasteiger partial charge in [-0.1, -0.05) is 110 Å². The molecule has 0 aliphatic carbocycles. The molecule has 1 N–H and O–H groups in total. The summed E-state index contributed by atoms with van der Waals surface area (Å²) < 4.78 is 79.3. The number of aldehydes is 1. The monoisotopic (exact) mass is 690 g/mol. The topological polar surface area (TPSA) is 46.5 Å². The number of hydrogen-bond donors (Lipinski definition) is 1. The van der Waals surface area contributed by atoms with Gasteiger partial charge in [-0.05, 0) is 65.1 Å². The number of ether oxygens (including phenoxy) is 1. The predicted molar refractivity (Wildman–Crippen MR) is 184 cm³/mol. The zero-order chi connectivity index (χ0) is 36.1. The molecular formula is C41H36F6O3. The van der Waals surface area contributed by atoms with Crippen molar-refractivity contribution in [3.8, 4) is 17.2 Å². The Kier molecular flexibility index (Phi) is 13.0. The lowest BCUT2D eigenvalue weighted by molar-refractivity contribution is -0.134. The smallest absolute Gasteiger partial charge is 0.392 e. The van der Waals surface area contributed by atoms with E-state index < -0.39 is 25.2 Å². The average molecular weight is 691 g/mol. The summed E-state index contributed by atoms with van der Waals surface area (Å²) in [4.78, 5) is 10.0. The maximum atomic E-state index is 12.6. The largest absolute Gasteiger partial charge is 0.508 e. The minimum atomic E-state index is -4.22. The van der Waals surface area contributed by atoms with Crippen LogP contribution < -0.4 is 15.2 Å². The van der Waals surface area contributed by atoms with E-state index in [1.807, 2.05) is 60.7 Å². The molecule has 0 bridgehead atoms. The molecule has 0 aromatic heterocycles. The lowest BCUT2D eigenvalue weighted by Crippen LogP contribution is -2.20. The molecule has 1 heterocycles. The van der Waals surface area contributed by atoms with E-state index in [0.717, 1.165) is 52.4 Å². The first-order chi connectivity index (χ1) is 23.8. The van der Waals surface area contributed by atoms with E-state index in [2.05, 4.69) is 19.1 Å². The van der Waals surface area contributed by atoms with Crippen LogP contribution in [0.2, 0.25) is 0 Å². The fraction of sp³-hybridized carbons (Fsp3) is 0.195. The first-order valence-electron chi connectivity index (χ1n) is 16.0. The van der Waals surface area contributed by atoms with E-state index in [4.69, 9.17) is 9.84 Å². The molecule has 0 fully saturated rings. The third kappa shape index (κ3) is 11.7. The number of alkyl halides is 6. The molecule has 0 atom stereocenters. The van der Waals surface area contributed by atoms with Crippen LogP contribution in [0.5, 0.6) is 17.2 Å². The number of fused-ring (bicyclic) bond motifs is 2. The average Bonchev–Trinajstić information content (AvgIpc) is 3.09. The van der Waals surface area contributed by atoms with Crippen LogP contribution in [0.3, 0.4) is 0 Å². The second-order valence-electron chi connectivity index (χ2n) is 11.5. The highest BCUT2D eigenvalue weighted by atomic mass is 19.4. The molecule has 1 aliphatic heterocycles. The number of carbonyl (C=O) groups is 1. The van der Waals surface area contributed by atoms with E-state index in [1.54, 1.807) is 30.3 Å². The molecule has 0 saturated carbocycles. The molecule has 5 aromatic rings.